The molecule has 8 N–H and O–H groups in total. The Labute approximate surface area is 178 Å². The molecule has 3 unspecified atom stereocenters. The minimum atomic E-state index is -5.65. The lowest BCUT2D eigenvalue weighted by molar-refractivity contribution is -0.0404. The van der Waals surface area contributed by atoms with Crippen LogP contribution in [0.1, 0.15) is 12.6 Å². The maximum absolute atomic E-state index is 11.7. The first kappa shape index (κ1) is 25.3. The maximum Gasteiger partial charge on any atom is 0.490 e. The minimum Gasteiger partial charge on any atom is -0.388 e. The van der Waals surface area contributed by atoms with E-state index in [9.17, 15) is 28.8 Å². The molecule has 2 aromatic heterocycles. The molecule has 3 heterocycles. The van der Waals surface area contributed by atoms with E-state index in [1.54, 1.807) is 0 Å². The van der Waals surface area contributed by atoms with Crippen LogP contribution in [-0.2, 0) is 31.6 Å². The van der Waals surface area contributed by atoms with Crippen molar-refractivity contribution in [1.82, 2.24) is 19.5 Å². The lowest BCUT2D eigenvalue weighted by Crippen LogP contribution is -2.32. The van der Waals surface area contributed by atoms with E-state index in [2.05, 4.69) is 28.1 Å². The van der Waals surface area contributed by atoms with Gasteiger partial charge >= 0.3 is 23.5 Å². The average Bonchev–Trinajstić information content (AvgIpc) is 3.16. The first-order chi connectivity index (χ1) is 14.7. The summed E-state index contributed by atoms with van der Waals surface area (Å²) in [6, 6.07) is 0. The normalized spacial score (nSPS) is 27.9. The lowest BCUT2D eigenvalue weighted by Gasteiger charge is -2.18. The first-order valence-corrected chi connectivity index (χ1v) is 12.9. The number of nitrogens with two attached hydrogens (primary N) is 1. The molecule has 0 saturated carbocycles. The van der Waals surface area contributed by atoms with Gasteiger partial charge in [-0.3, -0.25) is 9.09 Å². The van der Waals surface area contributed by atoms with E-state index in [4.69, 9.17) is 25.2 Å². The molecule has 18 nitrogen and oxygen atoms in total. The zero-order valence-electron chi connectivity index (χ0n) is 15.6. The van der Waals surface area contributed by atoms with Crippen LogP contribution in [-0.4, -0.2) is 74.2 Å². The van der Waals surface area contributed by atoms with Gasteiger partial charge in [0.2, 0.25) is 0 Å². The van der Waals surface area contributed by atoms with E-state index in [0.29, 0.717) is 0 Å². The summed E-state index contributed by atoms with van der Waals surface area (Å²) in [6.07, 6.45) is -3.17. The predicted molar refractivity (Wildman–Crippen MR) is 100 cm³/mol. The van der Waals surface area contributed by atoms with Gasteiger partial charge in [-0.2, -0.15) is 8.62 Å². The zero-order valence-corrected chi connectivity index (χ0v) is 18.3. The molecular formula is C11H18N5O13P3. The van der Waals surface area contributed by atoms with Crippen molar-refractivity contribution >= 4 is 40.4 Å². The molecular weight excluding hydrogens is 503 g/mol. The molecule has 1 fully saturated rings. The van der Waals surface area contributed by atoms with Crippen LogP contribution < -0.4 is 5.73 Å². The average molecular weight is 521 g/mol. The van der Waals surface area contributed by atoms with Gasteiger partial charge in [0.25, 0.3) is 0 Å². The van der Waals surface area contributed by atoms with Gasteiger partial charge in [0, 0.05) is 6.42 Å². The largest absolute Gasteiger partial charge is 0.490 e. The maximum atomic E-state index is 11.7. The molecule has 3 rings (SSSR count). The van der Waals surface area contributed by atoms with Gasteiger partial charge in [0.1, 0.15) is 24.1 Å². The lowest BCUT2D eigenvalue weighted by atomic mass is 10.1. The minimum absolute atomic E-state index is 0.0781. The highest BCUT2D eigenvalue weighted by Crippen LogP contribution is 2.66. The third-order valence-corrected chi connectivity index (χ3v) is 7.91. The third kappa shape index (κ3) is 5.95. The Bertz CT molecular complexity index is 1120. The number of nitrogens with zero attached hydrogens (tertiary/aromatic N) is 4. The number of aliphatic hydroxyl groups is 2. The molecule has 21 heteroatoms. The van der Waals surface area contributed by atoms with Crippen molar-refractivity contribution in [2.75, 3.05) is 12.3 Å². The number of nitrogen functional groups attached to an aromatic ring is 1. The highest BCUT2D eigenvalue weighted by atomic mass is 31.3. The van der Waals surface area contributed by atoms with Crippen molar-refractivity contribution in [2.24, 2.45) is 0 Å². The molecule has 2 aromatic rings. The van der Waals surface area contributed by atoms with E-state index in [0.717, 1.165) is 6.33 Å². The Kier molecular flexibility index (Phi) is 7.20. The first-order valence-electron chi connectivity index (χ1n) is 8.42. The summed E-state index contributed by atoms with van der Waals surface area (Å²) in [4.78, 5) is 47.3. The van der Waals surface area contributed by atoms with Crippen molar-refractivity contribution in [3.8, 4) is 0 Å². The quantitative estimate of drug-likeness (QED) is 0.190. The summed E-state index contributed by atoms with van der Waals surface area (Å²) in [5, 5.41) is 20.5. The molecule has 180 valence electrons. The predicted octanol–water partition coefficient (Wildman–Crippen LogP) is -1.24. The Morgan fingerprint density at radius 1 is 1.03 bits per heavy atom. The second-order valence-electron chi connectivity index (χ2n) is 6.34. The van der Waals surface area contributed by atoms with E-state index >= 15 is 0 Å². The number of phosphoric acid groups is 3. The van der Waals surface area contributed by atoms with Crippen LogP contribution in [0.4, 0.5) is 5.82 Å². The Morgan fingerprint density at radius 3 is 2.38 bits per heavy atom. The summed E-state index contributed by atoms with van der Waals surface area (Å²) in [5.41, 5.74) is 6.13. The molecule has 0 radical (unpaired) electrons. The number of anilines is 1. The molecule has 1 aliphatic rings. The fourth-order valence-electron chi connectivity index (χ4n) is 2.84. The summed E-state index contributed by atoms with van der Waals surface area (Å²) >= 11 is 0. The van der Waals surface area contributed by atoms with E-state index in [1.807, 2.05) is 0 Å². The highest BCUT2D eigenvalue weighted by molar-refractivity contribution is 7.66. The van der Waals surface area contributed by atoms with Gasteiger partial charge in [0.15, 0.2) is 17.7 Å². The Morgan fingerprint density at radius 2 is 1.72 bits per heavy atom. The van der Waals surface area contributed by atoms with E-state index in [-0.39, 0.29) is 23.4 Å². The van der Waals surface area contributed by atoms with Gasteiger partial charge in [0.05, 0.1) is 19.0 Å². The summed E-state index contributed by atoms with van der Waals surface area (Å²) in [6.45, 7) is -0.704. The van der Waals surface area contributed by atoms with Gasteiger partial charge < -0.3 is 40.3 Å². The molecule has 1 saturated heterocycles. The molecule has 0 aromatic carbocycles. The van der Waals surface area contributed by atoms with Crippen LogP contribution in [0.3, 0.4) is 0 Å². The number of fused-ring (bicyclic) bond motifs is 1. The van der Waals surface area contributed by atoms with Crippen LogP contribution >= 0.6 is 23.5 Å². The third-order valence-electron chi connectivity index (χ3n) is 4.07. The molecule has 0 amide bonds. The number of imidazole rings is 1. The van der Waals surface area contributed by atoms with Crippen molar-refractivity contribution in [3.63, 3.8) is 0 Å². The molecule has 6 atom stereocenters. The molecule has 0 spiro atoms. The van der Waals surface area contributed by atoms with Gasteiger partial charge in [-0.05, 0) is 0 Å². The molecule has 0 bridgehead atoms. The zero-order chi connectivity index (χ0) is 23.9. The molecule has 1 aliphatic heterocycles. The van der Waals surface area contributed by atoms with Crippen LogP contribution in [0.5, 0.6) is 0 Å². The number of phosphoric ester groups is 1. The standard InChI is InChI=1S/C11H18N5O13P3/c12-9-6-10(14-3-13-9)16(4-15-6)11-8(18)7(17)5(27-11)1-2-26-31(22,23)29-32(24,25)28-30(19,20)21/h3-5,7-8,11,17-18H,1-2H2,(H,22,23)(H,24,25)(H2,12,13,14)(H2,19,20,21)/t5-,7-,8-,11?/m1/s1. The Hall–Kier alpha value is -1.36. The smallest absolute Gasteiger partial charge is 0.388 e. The molecule has 0 aliphatic carbocycles. The van der Waals surface area contributed by atoms with Gasteiger partial charge in [-0.15, -0.1) is 0 Å². The van der Waals surface area contributed by atoms with Crippen molar-refractivity contribution in [3.05, 3.63) is 12.7 Å². The van der Waals surface area contributed by atoms with Gasteiger partial charge in [-0.25, -0.2) is 28.6 Å². The van der Waals surface area contributed by atoms with Crippen LogP contribution in [0.15, 0.2) is 12.7 Å². The number of hydrogen-bond acceptors (Lipinski definition) is 13. The van der Waals surface area contributed by atoms with Crippen molar-refractivity contribution in [2.45, 2.75) is 31.0 Å². The fourth-order valence-corrected chi connectivity index (χ4v) is 5.87. The fraction of sp³-hybridized carbons (Fsp3) is 0.545. The SMILES string of the molecule is Nc1ncnc2c1ncn2C1O[C@H](CCOP(=O)(O)OP(=O)(O)OP(=O)(O)O)[C@@H](O)[C@H]1O. The highest BCUT2D eigenvalue weighted by Gasteiger charge is 2.45. The number of hydrogen-bond donors (Lipinski definition) is 7. The number of aromatic nitrogens is 4. The van der Waals surface area contributed by atoms with Crippen LogP contribution in [0.2, 0.25) is 0 Å². The van der Waals surface area contributed by atoms with Gasteiger partial charge in [-0.1, -0.05) is 0 Å². The monoisotopic (exact) mass is 521 g/mol. The van der Waals surface area contributed by atoms with Crippen molar-refractivity contribution in [1.29, 1.82) is 0 Å². The van der Waals surface area contributed by atoms with Crippen LogP contribution in [0, 0.1) is 0 Å². The second-order valence-corrected chi connectivity index (χ2v) is 10.8. The molecule has 32 heavy (non-hydrogen) atoms. The second kappa shape index (κ2) is 9.12. The van der Waals surface area contributed by atoms with E-state index in [1.165, 1.54) is 10.9 Å². The van der Waals surface area contributed by atoms with Crippen molar-refractivity contribution < 1.29 is 61.4 Å². The number of rotatable bonds is 9. The summed E-state index contributed by atoms with van der Waals surface area (Å²) < 4.78 is 52.1. The van der Waals surface area contributed by atoms with E-state index < -0.39 is 54.6 Å². The summed E-state index contributed by atoms with van der Waals surface area (Å²) in [7, 11) is -16.5. The number of ether oxygens (including phenoxy) is 1. The number of aliphatic hydroxyl groups excluding tert-OH is 2. The summed E-state index contributed by atoms with van der Waals surface area (Å²) in [5.74, 6) is 0.0781. The Balaban J connectivity index is 1.61. The topological polar surface area (TPSA) is 279 Å². The van der Waals surface area contributed by atoms with Crippen LogP contribution in [0.25, 0.3) is 11.2 Å².